The number of amides is 1. The first-order valence-electron chi connectivity index (χ1n) is 10.1. The number of ether oxygens (including phenoxy) is 1. The van der Waals surface area contributed by atoms with Crippen molar-refractivity contribution in [3.05, 3.63) is 72.3 Å². The van der Waals surface area contributed by atoms with Gasteiger partial charge in [0, 0.05) is 6.26 Å². The van der Waals surface area contributed by atoms with E-state index in [1.54, 1.807) is 24.3 Å². The van der Waals surface area contributed by atoms with Gasteiger partial charge in [-0.05, 0) is 53.4 Å². The van der Waals surface area contributed by atoms with Gasteiger partial charge in [0.15, 0.2) is 15.9 Å². The van der Waals surface area contributed by atoms with Crippen molar-refractivity contribution in [3.63, 3.8) is 0 Å². The second-order valence-corrected chi connectivity index (χ2v) is 9.35. The van der Waals surface area contributed by atoms with Gasteiger partial charge < -0.3 is 10.1 Å². The third-order valence-electron chi connectivity index (χ3n) is 5.10. The molecule has 30 heavy (non-hydrogen) atoms. The lowest BCUT2D eigenvalue weighted by molar-refractivity contribution is -0.128. The minimum Gasteiger partial charge on any atom is -0.481 e. The van der Waals surface area contributed by atoms with Gasteiger partial charge in [0.1, 0.15) is 5.75 Å². The molecule has 0 aromatic heterocycles. The lowest BCUT2D eigenvalue weighted by Gasteiger charge is -2.22. The van der Waals surface area contributed by atoms with E-state index in [0.29, 0.717) is 18.6 Å². The van der Waals surface area contributed by atoms with E-state index in [0.717, 1.165) is 16.3 Å². The molecule has 0 unspecified atom stereocenters. The molecule has 3 rings (SSSR count). The highest BCUT2D eigenvalue weighted by atomic mass is 32.2. The highest BCUT2D eigenvalue weighted by molar-refractivity contribution is 7.90. The maximum absolute atomic E-state index is 12.9. The van der Waals surface area contributed by atoms with Crippen molar-refractivity contribution >= 4 is 26.5 Å². The zero-order valence-corrected chi connectivity index (χ0v) is 18.3. The van der Waals surface area contributed by atoms with Crippen molar-refractivity contribution in [2.45, 2.75) is 43.7 Å². The molecule has 2 atom stereocenters. The highest BCUT2D eigenvalue weighted by Crippen LogP contribution is 2.23. The summed E-state index contributed by atoms with van der Waals surface area (Å²) in [6, 6.07) is 20.2. The average Bonchev–Trinajstić information content (AvgIpc) is 2.75. The smallest absolute Gasteiger partial charge is 0.261 e. The quantitative estimate of drug-likeness (QED) is 0.569. The van der Waals surface area contributed by atoms with Crippen LogP contribution in [0.15, 0.2) is 71.6 Å². The number of hydrogen-bond donors (Lipinski definition) is 1. The van der Waals surface area contributed by atoms with E-state index >= 15 is 0 Å². The number of benzene rings is 3. The molecule has 6 heteroatoms. The Balaban J connectivity index is 1.72. The predicted molar refractivity (Wildman–Crippen MR) is 119 cm³/mol. The Bertz CT molecular complexity index is 1120. The standard InChI is InChI=1S/C24H27NO4S/c1-4-22(18-11-14-21(15-12-18)30(3,27)28)25-24(26)23(5-2)29-20-13-10-17-8-6-7-9-19(17)16-20/h6-16,22-23H,4-5H2,1-3H3,(H,25,26)/t22-,23+/m0/s1. The number of hydrogen-bond acceptors (Lipinski definition) is 4. The van der Waals surface area contributed by atoms with Crippen LogP contribution in [0.3, 0.4) is 0 Å². The number of carbonyl (C=O) groups is 1. The molecule has 158 valence electrons. The van der Waals surface area contributed by atoms with E-state index in [1.807, 2.05) is 56.3 Å². The molecule has 1 N–H and O–H groups in total. The molecule has 5 nitrogen and oxygen atoms in total. The first-order chi connectivity index (χ1) is 14.3. The van der Waals surface area contributed by atoms with Crippen LogP contribution in [0.5, 0.6) is 5.75 Å². The molecule has 0 saturated heterocycles. The third kappa shape index (κ3) is 5.19. The Labute approximate surface area is 178 Å². The molecule has 0 aliphatic rings. The van der Waals surface area contributed by atoms with Gasteiger partial charge in [0.25, 0.3) is 5.91 Å². The molecule has 0 spiro atoms. The lowest BCUT2D eigenvalue weighted by atomic mass is 10.0. The second-order valence-electron chi connectivity index (χ2n) is 7.33. The zero-order valence-electron chi connectivity index (χ0n) is 17.5. The number of rotatable bonds is 8. The van der Waals surface area contributed by atoms with Crippen molar-refractivity contribution < 1.29 is 17.9 Å². The zero-order chi connectivity index (χ0) is 21.7. The minimum atomic E-state index is -3.25. The minimum absolute atomic E-state index is 0.190. The Kier molecular flexibility index (Phi) is 6.77. The molecule has 0 bridgehead atoms. The average molecular weight is 426 g/mol. The van der Waals surface area contributed by atoms with E-state index in [2.05, 4.69) is 5.32 Å². The summed E-state index contributed by atoms with van der Waals surface area (Å²) in [4.78, 5) is 13.1. The molecular weight excluding hydrogens is 398 g/mol. The molecule has 3 aromatic carbocycles. The van der Waals surface area contributed by atoms with E-state index in [4.69, 9.17) is 4.74 Å². The van der Waals surface area contributed by atoms with Crippen LogP contribution >= 0.6 is 0 Å². The summed E-state index contributed by atoms with van der Waals surface area (Å²) in [7, 11) is -3.25. The van der Waals surface area contributed by atoms with Crippen molar-refractivity contribution in [2.24, 2.45) is 0 Å². The summed E-state index contributed by atoms with van der Waals surface area (Å²) in [6.07, 6.45) is 1.77. The fourth-order valence-electron chi connectivity index (χ4n) is 3.36. The van der Waals surface area contributed by atoms with Crippen LogP contribution < -0.4 is 10.1 Å². The first-order valence-corrected chi connectivity index (χ1v) is 12.0. The molecule has 0 radical (unpaired) electrons. The van der Waals surface area contributed by atoms with E-state index in [9.17, 15) is 13.2 Å². The van der Waals surface area contributed by atoms with E-state index in [1.165, 1.54) is 6.26 Å². The maximum Gasteiger partial charge on any atom is 0.261 e. The number of fused-ring (bicyclic) bond motifs is 1. The summed E-state index contributed by atoms with van der Waals surface area (Å²) >= 11 is 0. The Hall–Kier alpha value is -2.86. The molecule has 0 saturated carbocycles. The van der Waals surface area contributed by atoms with Crippen LogP contribution in [0, 0.1) is 0 Å². The molecule has 0 aliphatic heterocycles. The van der Waals surface area contributed by atoms with Crippen molar-refractivity contribution in [2.75, 3.05) is 6.26 Å². The molecule has 0 fully saturated rings. The Morgan fingerprint density at radius 2 is 1.60 bits per heavy atom. The van der Waals surface area contributed by atoms with Crippen LogP contribution in [0.4, 0.5) is 0 Å². The summed E-state index contributed by atoms with van der Waals surface area (Å²) in [5.74, 6) is 0.464. The molecule has 1 amide bonds. The van der Waals surface area contributed by atoms with Crippen LogP contribution in [0.2, 0.25) is 0 Å². The largest absolute Gasteiger partial charge is 0.481 e. The summed E-state index contributed by atoms with van der Waals surface area (Å²) in [6.45, 7) is 3.88. The number of sulfone groups is 1. The van der Waals surface area contributed by atoms with Crippen LogP contribution in [0.25, 0.3) is 10.8 Å². The van der Waals surface area contributed by atoms with Gasteiger partial charge in [-0.15, -0.1) is 0 Å². The van der Waals surface area contributed by atoms with E-state index < -0.39 is 15.9 Å². The lowest BCUT2D eigenvalue weighted by Crippen LogP contribution is -2.39. The fraction of sp³-hybridized carbons (Fsp3) is 0.292. The first kappa shape index (κ1) is 21.8. The second kappa shape index (κ2) is 9.30. The number of nitrogens with one attached hydrogen (secondary N) is 1. The molecule has 0 heterocycles. The third-order valence-corrected chi connectivity index (χ3v) is 6.23. The van der Waals surface area contributed by atoms with Gasteiger partial charge in [0.05, 0.1) is 10.9 Å². The van der Waals surface area contributed by atoms with Crippen molar-refractivity contribution in [1.82, 2.24) is 5.32 Å². The topological polar surface area (TPSA) is 72.5 Å². The summed E-state index contributed by atoms with van der Waals surface area (Å²) < 4.78 is 29.3. The fourth-order valence-corrected chi connectivity index (χ4v) is 3.99. The molecule has 0 aliphatic carbocycles. The van der Waals surface area contributed by atoms with Crippen LogP contribution in [-0.2, 0) is 14.6 Å². The highest BCUT2D eigenvalue weighted by Gasteiger charge is 2.22. The normalized spacial score (nSPS) is 13.6. The van der Waals surface area contributed by atoms with E-state index in [-0.39, 0.29) is 16.8 Å². The van der Waals surface area contributed by atoms with Gasteiger partial charge in [-0.25, -0.2) is 8.42 Å². The summed E-state index contributed by atoms with van der Waals surface area (Å²) in [5.41, 5.74) is 0.860. The Morgan fingerprint density at radius 1 is 0.933 bits per heavy atom. The molecule has 3 aromatic rings. The Morgan fingerprint density at radius 3 is 2.20 bits per heavy atom. The van der Waals surface area contributed by atoms with Crippen molar-refractivity contribution in [3.8, 4) is 5.75 Å². The summed E-state index contributed by atoms with van der Waals surface area (Å²) in [5, 5.41) is 5.21. The van der Waals surface area contributed by atoms with Gasteiger partial charge in [0.2, 0.25) is 0 Å². The monoisotopic (exact) mass is 425 g/mol. The van der Waals surface area contributed by atoms with Gasteiger partial charge in [-0.2, -0.15) is 0 Å². The van der Waals surface area contributed by atoms with Crippen LogP contribution in [0.1, 0.15) is 38.3 Å². The van der Waals surface area contributed by atoms with Gasteiger partial charge >= 0.3 is 0 Å². The van der Waals surface area contributed by atoms with Crippen molar-refractivity contribution in [1.29, 1.82) is 0 Å². The molecular formula is C24H27NO4S. The SMILES string of the molecule is CC[C@H](NC(=O)[C@@H](CC)Oc1ccc2ccccc2c1)c1ccc(S(C)(=O)=O)cc1. The predicted octanol–water partition coefficient (Wildman–Crippen LogP) is 4.67. The maximum atomic E-state index is 12.9. The van der Waals surface area contributed by atoms with Gasteiger partial charge in [-0.3, -0.25) is 4.79 Å². The van der Waals surface area contributed by atoms with Crippen LogP contribution in [-0.4, -0.2) is 26.7 Å². The number of carbonyl (C=O) groups excluding carboxylic acids is 1. The van der Waals surface area contributed by atoms with Gasteiger partial charge in [-0.1, -0.05) is 56.3 Å².